The van der Waals surface area contributed by atoms with Gasteiger partial charge in [-0.05, 0) is 5.56 Å². The minimum atomic E-state index is -1.10. The first-order valence-electron chi connectivity index (χ1n) is 4.76. The Morgan fingerprint density at radius 1 is 1.38 bits per heavy atom. The molecule has 1 aromatic carbocycles. The smallest absolute Gasteiger partial charge is 0.410 e. The molecule has 82 valence electrons. The lowest BCUT2D eigenvalue weighted by Crippen LogP contribution is -2.11. The molecule has 16 heavy (non-hydrogen) atoms. The predicted octanol–water partition coefficient (Wildman–Crippen LogP) is 2.18. The lowest BCUT2D eigenvalue weighted by molar-refractivity contribution is 0.209. The predicted molar refractivity (Wildman–Crippen MR) is 60.3 cm³/mol. The lowest BCUT2D eigenvalue weighted by atomic mass is 10.1. The summed E-state index contributed by atoms with van der Waals surface area (Å²) in [4.78, 5) is 10.7. The number of hydrogen-bond acceptors (Lipinski definition) is 2. The third kappa shape index (κ3) is 1.88. The molecular formula is C11H11N3O2. The zero-order valence-electron chi connectivity index (χ0n) is 8.71. The third-order valence-electron chi connectivity index (χ3n) is 2.25. The van der Waals surface area contributed by atoms with Crippen LogP contribution in [0.2, 0.25) is 0 Å². The highest BCUT2D eigenvalue weighted by Crippen LogP contribution is 2.26. The third-order valence-corrected chi connectivity index (χ3v) is 2.25. The number of aryl methyl sites for hydroxylation is 1. The van der Waals surface area contributed by atoms with Gasteiger partial charge in [0.15, 0.2) is 0 Å². The summed E-state index contributed by atoms with van der Waals surface area (Å²) < 4.78 is 1.50. The Morgan fingerprint density at radius 3 is 2.69 bits per heavy atom. The van der Waals surface area contributed by atoms with Gasteiger partial charge in [-0.3, -0.25) is 10.00 Å². The van der Waals surface area contributed by atoms with Crippen LogP contribution in [0, 0.1) is 0 Å². The first kappa shape index (κ1) is 10.2. The van der Waals surface area contributed by atoms with Gasteiger partial charge >= 0.3 is 6.09 Å². The van der Waals surface area contributed by atoms with Crippen LogP contribution in [0.25, 0.3) is 11.1 Å². The Labute approximate surface area is 92.3 Å². The number of aromatic nitrogens is 2. The number of benzene rings is 1. The number of rotatable bonds is 2. The van der Waals surface area contributed by atoms with Gasteiger partial charge in [-0.15, -0.1) is 0 Å². The summed E-state index contributed by atoms with van der Waals surface area (Å²) >= 11 is 0. The van der Waals surface area contributed by atoms with Gasteiger partial charge in [-0.1, -0.05) is 30.3 Å². The first-order chi connectivity index (χ1) is 7.68. The van der Waals surface area contributed by atoms with Gasteiger partial charge in [0, 0.05) is 12.6 Å². The highest BCUT2D eigenvalue weighted by molar-refractivity contribution is 5.88. The topological polar surface area (TPSA) is 67.2 Å². The van der Waals surface area contributed by atoms with Crippen molar-refractivity contribution >= 4 is 11.9 Å². The normalized spacial score (nSPS) is 10.1. The zero-order chi connectivity index (χ0) is 11.5. The van der Waals surface area contributed by atoms with Crippen molar-refractivity contribution in [3.63, 3.8) is 0 Å². The second kappa shape index (κ2) is 4.06. The molecule has 0 aliphatic rings. The summed E-state index contributed by atoms with van der Waals surface area (Å²) in [7, 11) is 1.69. The van der Waals surface area contributed by atoms with Crippen molar-refractivity contribution in [1.82, 2.24) is 9.78 Å². The molecule has 0 atom stereocenters. The summed E-state index contributed by atoms with van der Waals surface area (Å²) in [5.41, 5.74) is 1.70. The number of carbonyl (C=O) groups is 1. The molecule has 0 aliphatic carbocycles. The quantitative estimate of drug-likeness (QED) is 0.810. The average Bonchev–Trinajstić information content (AvgIpc) is 2.61. The van der Waals surface area contributed by atoms with Crippen LogP contribution in [0.1, 0.15) is 0 Å². The largest absolute Gasteiger partial charge is 0.465 e. The maximum Gasteiger partial charge on any atom is 0.410 e. The molecule has 0 saturated carbocycles. The Balaban J connectivity index is 2.46. The van der Waals surface area contributed by atoms with Gasteiger partial charge < -0.3 is 5.11 Å². The summed E-state index contributed by atoms with van der Waals surface area (Å²) in [5.74, 6) is 0.471. The highest BCUT2D eigenvalue weighted by atomic mass is 16.4. The van der Waals surface area contributed by atoms with Crippen molar-refractivity contribution in [3.8, 4) is 11.1 Å². The van der Waals surface area contributed by atoms with E-state index in [2.05, 4.69) is 10.4 Å². The van der Waals surface area contributed by atoms with E-state index in [0.717, 1.165) is 11.1 Å². The van der Waals surface area contributed by atoms with Gasteiger partial charge in [0.25, 0.3) is 0 Å². The summed E-state index contributed by atoms with van der Waals surface area (Å²) in [5, 5.41) is 15.1. The van der Waals surface area contributed by atoms with Gasteiger partial charge in [0.1, 0.15) is 5.82 Å². The highest BCUT2D eigenvalue weighted by Gasteiger charge is 2.12. The molecule has 0 bridgehead atoms. The fourth-order valence-corrected chi connectivity index (χ4v) is 1.52. The van der Waals surface area contributed by atoms with Crippen LogP contribution in [0.15, 0.2) is 36.5 Å². The van der Waals surface area contributed by atoms with E-state index in [1.807, 2.05) is 30.3 Å². The summed E-state index contributed by atoms with van der Waals surface area (Å²) in [6.45, 7) is 0. The zero-order valence-corrected chi connectivity index (χ0v) is 8.71. The maximum atomic E-state index is 10.7. The van der Waals surface area contributed by atoms with Crippen LogP contribution in [0.5, 0.6) is 0 Å². The standard InChI is InChI=1S/C11H11N3O2/c1-14-10(13-11(15)16)9(7-12-14)8-5-3-2-4-6-8/h2-7,13H,1H3,(H,15,16). The number of carboxylic acid groups (broad SMARTS) is 1. The minimum absolute atomic E-state index is 0.471. The average molecular weight is 217 g/mol. The van der Waals surface area contributed by atoms with E-state index < -0.39 is 6.09 Å². The van der Waals surface area contributed by atoms with Crippen LogP contribution in [-0.4, -0.2) is 21.0 Å². The Kier molecular flexibility index (Phi) is 2.59. The van der Waals surface area contributed by atoms with Crippen LogP contribution in [0.3, 0.4) is 0 Å². The number of amides is 1. The molecule has 0 spiro atoms. The Hall–Kier alpha value is -2.30. The van der Waals surface area contributed by atoms with E-state index in [9.17, 15) is 4.79 Å². The molecule has 0 fully saturated rings. The van der Waals surface area contributed by atoms with Crippen molar-refractivity contribution in [2.24, 2.45) is 7.05 Å². The van der Waals surface area contributed by atoms with Crippen LogP contribution in [-0.2, 0) is 7.05 Å². The number of anilines is 1. The maximum absolute atomic E-state index is 10.7. The molecule has 2 aromatic rings. The Bertz CT molecular complexity index is 505. The molecular weight excluding hydrogens is 206 g/mol. The molecule has 1 amide bonds. The molecule has 0 unspecified atom stereocenters. The monoisotopic (exact) mass is 217 g/mol. The first-order valence-corrected chi connectivity index (χ1v) is 4.76. The van der Waals surface area contributed by atoms with Crippen molar-refractivity contribution < 1.29 is 9.90 Å². The van der Waals surface area contributed by atoms with Crippen LogP contribution in [0.4, 0.5) is 10.6 Å². The van der Waals surface area contributed by atoms with Gasteiger partial charge in [0.05, 0.1) is 6.20 Å². The molecule has 0 saturated heterocycles. The second-order valence-corrected chi connectivity index (χ2v) is 3.33. The molecule has 2 rings (SSSR count). The van der Waals surface area contributed by atoms with Crippen molar-refractivity contribution in [3.05, 3.63) is 36.5 Å². The molecule has 1 heterocycles. The molecule has 1 aromatic heterocycles. The van der Waals surface area contributed by atoms with E-state index in [0.29, 0.717) is 5.82 Å². The van der Waals surface area contributed by atoms with Gasteiger partial charge in [-0.25, -0.2) is 4.79 Å². The van der Waals surface area contributed by atoms with E-state index in [-0.39, 0.29) is 0 Å². The number of nitrogens with one attached hydrogen (secondary N) is 1. The molecule has 5 heteroatoms. The van der Waals surface area contributed by atoms with Crippen molar-refractivity contribution in [2.45, 2.75) is 0 Å². The van der Waals surface area contributed by atoms with Gasteiger partial charge in [-0.2, -0.15) is 5.10 Å². The van der Waals surface area contributed by atoms with Crippen LogP contribution >= 0.6 is 0 Å². The Morgan fingerprint density at radius 2 is 2.06 bits per heavy atom. The van der Waals surface area contributed by atoms with E-state index in [4.69, 9.17) is 5.11 Å². The summed E-state index contributed by atoms with van der Waals surface area (Å²) in [6, 6.07) is 9.51. The molecule has 2 N–H and O–H groups in total. The lowest BCUT2D eigenvalue weighted by Gasteiger charge is -2.05. The van der Waals surface area contributed by atoms with Crippen molar-refractivity contribution in [1.29, 1.82) is 0 Å². The molecule has 5 nitrogen and oxygen atoms in total. The number of nitrogens with zero attached hydrogens (tertiary/aromatic N) is 2. The van der Waals surface area contributed by atoms with Crippen molar-refractivity contribution in [2.75, 3.05) is 5.32 Å². The molecule has 0 aliphatic heterocycles. The van der Waals surface area contributed by atoms with Gasteiger partial charge in [0.2, 0.25) is 0 Å². The second-order valence-electron chi connectivity index (χ2n) is 3.33. The SMILES string of the molecule is Cn1ncc(-c2ccccc2)c1NC(=O)O. The van der Waals surface area contributed by atoms with Crippen LogP contribution < -0.4 is 5.32 Å². The fraction of sp³-hybridized carbons (Fsp3) is 0.0909. The number of hydrogen-bond donors (Lipinski definition) is 2. The minimum Gasteiger partial charge on any atom is -0.465 e. The summed E-state index contributed by atoms with van der Waals surface area (Å²) in [6.07, 6.45) is 0.543. The fourth-order valence-electron chi connectivity index (χ4n) is 1.52. The van der Waals surface area contributed by atoms with E-state index in [1.165, 1.54) is 4.68 Å². The van der Waals surface area contributed by atoms with E-state index >= 15 is 0 Å². The van der Waals surface area contributed by atoms with E-state index in [1.54, 1.807) is 13.2 Å². The molecule has 0 radical (unpaired) electrons.